The van der Waals surface area contributed by atoms with Crippen molar-refractivity contribution in [1.29, 1.82) is 0 Å². The van der Waals surface area contributed by atoms with Crippen molar-refractivity contribution in [2.45, 2.75) is 13.0 Å². The first kappa shape index (κ1) is 17.6. The van der Waals surface area contributed by atoms with Gasteiger partial charge in [0.2, 0.25) is 0 Å². The molecular formula is C20H19N3O3. The van der Waals surface area contributed by atoms with Crippen LogP contribution in [0, 0.1) is 6.92 Å². The fraction of sp³-hybridized carbons (Fsp3) is 0.150. The summed E-state index contributed by atoms with van der Waals surface area (Å²) in [6.07, 6.45) is 0.739. The Morgan fingerprint density at radius 3 is 2.62 bits per heavy atom. The van der Waals surface area contributed by atoms with Gasteiger partial charge in [-0.3, -0.25) is 14.6 Å². The lowest BCUT2D eigenvalue weighted by atomic mass is 10.0. The molecule has 2 aromatic carbocycles. The number of amides is 2. The SMILES string of the molecule is Cc1ccccc1C(O)CNC(=O)C(=O)Nc1cccc2cccnc12. The summed E-state index contributed by atoms with van der Waals surface area (Å²) in [7, 11) is 0. The van der Waals surface area contributed by atoms with E-state index >= 15 is 0 Å². The van der Waals surface area contributed by atoms with E-state index in [0.717, 1.165) is 10.9 Å². The van der Waals surface area contributed by atoms with Crippen LogP contribution >= 0.6 is 0 Å². The Morgan fingerprint density at radius 1 is 1.04 bits per heavy atom. The summed E-state index contributed by atoms with van der Waals surface area (Å²) in [5.41, 5.74) is 2.70. The van der Waals surface area contributed by atoms with E-state index in [1.54, 1.807) is 30.5 Å². The van der Waals surface area contributed by atoms with Gasteiger partial charge in [0.05, 0.1) is 17.3 Å². The quantitative estimate of drug-likeness (QED) is 0.631. The highest BCUT2D eigenvalue weighted by atomic mass is 16.3. The van der Waals surface area contributed by atoms with Crippen LogP contribution in [0.15, 0.2) is 60.8 Å². The predicted octanol–water partition coefficient (Wildman–Crippen LogP) is 2.33. The molecule has 0 spiro atoms. The number of pyridine rings is 1. The summed E-state index contributed by atoms with van der Waals surface area (Å²) in [4.78, 5) is 28.4. The van der Waals surface area contributed by atoms with Crippen LogP contribution in [0.3, 0.4) is 0 Å². The Balaban J connectivity index is 1.63. The number of aliphatic hydroxyl groups excluding tert-OH is 1. The van der Waals surface area contributed by atoms with Gasteiger partial charge in [-0.15, -0.1) is 0 Å². The number of hydrogen-bond donors (Lipinski definition) is 3. The molecule has 6 heteroatoms. The van der Waals surface area contributed by atoms with E-state index in [1.165, 1.54) is 0 Å². The summed E-state index contributed by atoms with van der Waals surface area (Å²) < 4.78 is 0. The van der Waals surface area contributed by atoms with E-state index in [4.69, 9.17) is 0 Å². The third kappa shape index (κ3) is 3.87. The van der Waals surface area contributed by atoms with Gasteiger partial charge in [0.1, 0.15) is 0 Å². The standard InChI is InChI=1S/C20H19N3O3/c1-13-6-2-3-9-15(13)17(24)12-22-19(25)20(26)23-16-10-4-7-14-8-5-11-21-18(14)16/h2-11,17,24H,12H2,1H3,(H,22,25)(H,23,26). The minimum absolute atomic E-state index is 0.0507. The number of anilines is 1. The molecule has 3 N–H and O–H groups in total. The fourth-order valence-electron chi connectivity index (χ4n) is 2.72. The van der Waals surface area contributed by atoms with E-state index in [1.807, 2.05) is 37.3 Å². The van der Waals surface area contributed by atoms with Crippen molar-refractivity contribution in [2.24, 2.45) is 0 Å². The number of nitrogens with zero attached hydrogens (tertiary/aromatic N) is 1. The molecule has 0 saturated carbocycles. The number of rotatable bonds is 4. The number of para-hydroxylation sites is 1. The first-order valence-corrected chi connectivity index (χ1v) is 8.23. The van der Waals surface area contributed by atoms with Crippen molar-refractivity contribution < 1.29 is 14.7 Å². The van der Waals surface area contributed by atoms with Crippen LogP contribution in [0.1, 0.15) is 17.2 Å². The van der Waals surface area contributed by atoms with E-state index < -0.39 is 17.9 Å². The summed E-state index contributed by atoms with van der Waals surface area (Å²) in [6, 6.07) is 16.3. The number of nitrogens with one attached hydrogen (secondary N) is 2. The van der Waals surface area contributed by atoms with Gasteiger partial charge in [-0.2, -0.15) is 0 Å². The highest BCUT2D eigenvalue weighted by Gasteiger charge is 2.17. The molecule has 26 heavy (non-hydrogen) atoms. The molecule has 0 fully saturated rings. The first-order valence-electron chi connectivity index (χ1n) is 8.23. The molecule has 0 aliphatic rings. The lowest BCUT2D eigenvalue weighted by molar-refractivity contribution is -0.136. The Morgan fingerprint density at radius 2 is 1.81 bits per heavy atom. The minimum atomic E-state index is -0.882. The molecule has 6 nitrogen and oxygen atoms in total. The Kier molecular flexibility index (Phi) is 5.24. The summed E-state index contributed by atoms with van der Waals surface area (Å²) in [5.74, 6) is -1.62. The number of aromatic nitrogens is 1. The van der Waals surface area contributed by atoms with E-state index in [0.29, 0.717) is 16.8 Å². The second kappa shape index (κ2) is 7.76. The van der Waals surface area contributed by atoms with E-state index in [9.17, 15) is 14.7 Å². The zero-order valence-electron chi connectivity index (χ0n) is 14.3. The number of hydrogen-bond acceptors (Lipinski definition) is 4. The zero-order chi connectivity index (χ0) is 18.5. The summed E-state index contributed by atoms with van der Waals surface area (Å²) >= 11 is 0. The smallest absolute Gasteiger partial charge is 0.313 e. The third-order valence-electron chi connectivity index (χ3n) is 4.09. The number of aryl methyl sites for hydroxylation is 1. The molecule has 0 aliphatic carbocycles. The number of carbonyl (C=O) groups excluding carboxylic acids is 2. The monoisotopic (exact) mass is 349 g/mol. The van der Waals surface area contributed by atoms with Gasteiger partial charge >= 0.3 is 11.8 Å². The number of fused-ring (bicyclic) bond motifs is 1. The van der Waals surface area contributed by atoms with Crippen molar-refractivity contribution in [2.75, 3.05) is 11.9 Å². The van der Waals surface area contributed by atoms with Gasteiger partial charge in [0, 0.05) is 18.1 Å². The first-order chi connectivity index (χ1) is 12.6. The molecule has 132 valence electrons. The molecule has 1 heterocycles. The van der Waals surface area contributed by atoms with Crippen molar-refractivity contribution >= 4 is 28.4 Å². The maximum absolute atomic E-state index is 12.1. The van der Waals surface area contributed by atoms with Crippen LogP contribution in [0.4, 0.5) is 5.69 Å². The average molecular weight is 349 g/mol. The second-order valence-electron chi connectivity index (χ2n) is 5.92. The molecule has 0 saturated heterocycles. The maximum Gasteiger partial charge on any atom is 0.313 e. The largest absolute Gasteiger partial charge is 0.387 e. The molecule has 0 radical (unpaired) electrons. The van der Waals surface area contributed by atoms with Gasteiger partial charge in [-0.1, -0.05) is 42.5 Å². The highest BCUT2D eigenvalue weighted by molar-refractivity contribution is 6.40. The van der Waals surface area contributed by atoms with Crippen molar-refractivity contribution in [3.63, 3.8) is 0 Å². The van der Waals surface area contributed by atoms with E-state index in [2.05, 4.69) is 15.6 Å². The molecule has 3 aromatic rings. The molecule has 0 bridgehead atoms. The van der Waals surface area contributed by atoms with Crippen molar-refractivity contribution in [3.8, 4) is 0 Å². The third-order valence-corrected chi connectivity index (χ3v) is 4.09. The minimum Gasteiger partial charge on any atom is -0.387 e. The normalized spacial score (nSPS) is 11.8. The predicted molar refractivity (Wildman–Crippen MR) is 99.5 cm³/mol. The van der Waals surface area contributed by atoms with Gasteiger partial charge in [-0.25, -0.2) is 0 Å². The summed E-state index contributed by atoms with van der Waals surface area (Å²) in [5, 5.41) is 16.1. The van der Waals surface area contributed by atoms with Gasteiger partial charge in [-0.05, 0) is 30.2 Å². The zero-order valence-corrected chi connectivity index (χ0v) is 14.3. The molecule has 2 amide bonds. The molecule has 1 unspecified atom stereocenters. The fourth-order valence-corrected chi connectivity index (χ4v) is 2.72. The van der Waals surface area contributed by atoms with Crippen LogP contribution in [0.5, 0.6) is 0 Å². The highest BCUT2D eigenvalue weighted by Crippen LogP contribution is 2.20. The van der Waals surface area contributed by atoms with Crippen molar-refractivity contribution in [3.05, 3.63) is 71.9 Å². The Hall–Kier alpha value is -3.25. The van der Waals surface area contributed by atoms with Gasteiger partial charge in [0.25, 0.3) is 0 Å². The molecule has 0 aliphatic heterocycles. The molecular weight excluding hydrogens is 330 g/mol. The molecule has 3 rings (SSSR count). The number of benzene rings is 2. The molecule has 1 aromatic heterocycles. The molecule has 1 atom stereocenters. The second-order valence-corrected chi connectivity index (χ2v) is 5.92. The average Bonchev–Trinajstić information content (AvgIpc) is 2.66. The van der Waals surface area contributed by atoms with Gasteiger partial charge in [0.15, 0.2) is 0 Å². The van der Waals surface area contributed by atoms with Gasteiger partial charge < -0.3 is 15.7 Å². The van der Waals surface area contributed by atoms with Crippen LogP contribution in [-0.4, -0.2) is 28.4 Å². The van der Waals surface area contributed by atoms with Crippen LogP contribution in [-0.2, 0) is 9.59 Å². The Labute approximate surface area is 150 Å². The summed E-state index contributed by atoms with van der Waals surface area (Å²) in [6.45, 7) is 1.82. The van der Waals surface area contributed by atoms with Crippen LogP contribution in [0.2, 0.25) is 0 Å². The van der Waals surface area contributed by atoms with Crippen LogP contribution in [0.25, 0.3) is 10.9 Å². The lowest BCUT2D eigenvalue weighted by Gasteiger charge is -2.14. The van der Waals surface area contributed by atoms with E-state index in [-0.39, 0.29) is 6.54 Å². The van der Waals surface area contributed by atoms with Crippen molar-refractivity contribution in [1.82, 2.24) is 10.3 Å². The lowest BCUT2D eigenvalue weighted by Crippen LogP contribution is -2.37. The number of carbonyl (C=O) groups is 2. The van der Waals surface area contributed by atoms with Crippen LogP contribution < -0.4 is 10.6 Å². The Bertz CT molecular complexity index is 950. The maximum atomic E-state index is 12.1. The number of aliphatic hydroxyl groups is 1. The topological polar surface area (TPSA) is 91.3 Å².